The molecule has 1 saturated heterocycles. The largest absolute Gasteiger partial charge is 0.494 e. The predicted molar refractivity (Wildman–Crippen MR) is 135 cm³/mol. The first-order valence-corrected chi connectivity index (χ1v) is 11.6. The van der Waals surface area contributed by atoms with E-state index in [2.05, 4.69) is 0 Å². The highest BCUT2D eigenvalue weighted by Gasteiger charge is 2.33. The van der Waals surface area contributed by atoms with Crippen molar-refractivity contribution in [1.82, 2.24) is 0 Å². The zero-order valence-electron chi connectivity index (χ0n) is 17.3. The quantitative estimate of drug-likeness (QED) is 0.276. The normalized spacial score (nSPS) is 14.8. The molecule has 1 fully saturated rings. The minimum Gasteiger partial charge on any atom is -0.494 e. The third-order valence-electron chi connectivity index (χ3n) is 4.71. The highest BCUT2D eigenvalue weighted by atomic mass is 35.5. The van der Waals surface area contributed by atoms with Gasteiger partial charge in [0.05, 0.1) is 17.2 Å². The van der Waals surface area contributed by atoms with Gasteiger partial charge in [-0.1, -0.05) is 65.9 Å². The molecule has 0 aromatic heterocycles. The number of carbonyl (C=O) groups is 1. The molecule has 0 saturated carbocycles. The average Bonchev–Trinajstić information content (AvgIpc) is 3.08. The summed E-state index contributed by atoms with van der Waals surface area (Å²) in [6, 6.07) is 22.5. The fourth-order valence-electron chi connectivity index (χ4n) is 3.16. The van der Waals surface area contributed by atoms with Gasteiger partial charge in [-0.25, -0.2) is 0 Å². The standard InChI is InChI=1S/C25H20ClNO3S2/c1-2-29-21-13-11-20(12-14-21)27-24(28)23(32-25(27)31)15-18-5-3-4-6-22(18)30-16-17-7-9-19(26)10-8-17/h3-15H,2,16H2,1H3/b23-15+. The van der Waals surface area contributed by atoms with E-state index in [0.29, 0.717) is 38.9 Å². The lowest BCUT2D eigenvalue weighted by Crippen LogP contribution is -2.27. The molecule has 162 valence electrons. The number of rotatable bonds is 7. The van der Waals surface area contributed by atoms with Crippen LogP contribution in [0.3, 0.4) is 0 Å². The summed E-state index contributed by atoms with van der Waals surface area (Å²) in [6.45, 7) is 2.91. The molecule has 3 aromatic rings. The first-order valence-electron chi connectivity index (χ1n) is 10.0. The van der Waals surface area contributed by atoms with E-state index < -0.39 is 0 Å². The van der Waals surface area contributed by atoms with Crippen molar-refractivity contribution in [3.8, 4) is 11.5 Å². The zero-order chi connectivity index (χ0) is 22.5. The predicted octanol–water partition coefficient (Wildman–Crippen LogP) is 6.72. The second-order valence-electron chi connectivity index (χ2n) is 6.90. The fraction of sp³-hybridized carbons (Fsp3) is 0.120. The van der Waals surface area contributed by atoms with Gasteiger partial charge in [0, 0.05) is 10.6 Å². The molecule has 0 spiro atoms. The topological polar surface area (TPSA) is 38.8 Å². The van der Waals surface area contributed by atoms with E-state index in [-0.39, 0.29) is 5.91 Å². The van der Waals surface area contributed by atoms with Crippen molar-refractivity contribution in [3.63, 3.8) is 0 Å². The van der Waals surface area contributed by atoms with Gasteiger partial charge < -0.3 is 9.47 Å². The molecule has 0 bridgehead atoms. The van der Waals surface area contributed by atoms with Gasteiger partial charge in [0.2, 0.25) is 0 Å². The van der Waals surface area contributed by atoms with Crippen LogP contribution in [0.2, 0.25) is 5.02 Å². The van der Waals surface area contributed by atoms with Crippen LogP contribution in [0.5, 0.6) is 11.5 Å². The summed E-state index contributed by atoms with van der Waals surface area (Å²) in [5.41, 5.74) is 2.53. The summed E-state index contributed by atoms with van der Waals surface area (Å²) >= 11 is 12.7. The summed E-state index contributed by atoms with van der Waals surface area (Å²) in [5.74, 6) is 1.29. The van der Waals surface area contributed by atoms with Crippen molar-refractivity contribution in [3.05, 3.63) is 93.9 Å². The maximum absolute atomic E-state index is 13.1. The van der Waals surface area contributed by atoms with Crippen LogP contribution in [0, 0.1) is 0 Å². The summed E-state index contributed by atoms with van der Waals surface area (Å²) in [6.07, 6.45) is 1.82. The summed E-state index contributed by atoms with van der Waals surface area (Å²) in [7, 11) is 0. The minimum atomic E-state index is -0.156. The number of amides is 1. The summed E-state index contributed by atoms with van der Waals surface area (Å²) in [4.78, 5) is 15.2. The van der Waals surface area contributed by atoms with Crippen molar-refractivity contribution in [2.45, 2.75) is 13.5 Å². The number of thiocarbonyl (C=S) groups is 1. The zero-order valence-corrected chi connectivity index (χ0v) is 19.7. The lowest BCUT2D eigenvalue weighted by molar-refractivity contribution is -0.113. The van der Waals surface area contributed by atoms with Gasteiger partial charge in [0.15, 0.2) is 4.32 Å². The summed E-state index contributed by atoms with van der Waals surface area (Å²) in [5, 5.41) is 0.684. The SMILES string of the molecule is CCOc1ccc(N2C(=O)/C(=C\c3ccccc3OCc3ccc(Cl)cc3)SC2=S)cc1. The molecule has 4 nitrogen and oxygen atoms in total. The first-order chi connectivity index (χ1) is 15.5. The second kappa shape index (κ2) is 10.2. The van der Waals surface area contributed by atoms with Crippen molar-refractivity contribution in [2.75, 3.05) is 11.5 Å². The number of hydrogen-bond acceptors (Lipinski definition) is 5. The van der Waals surface area contributed by atoms with Crippen molar-refractivity contribution in [2.24, 2.45) is 0 Å². The number of ether oxygens (including phenoxy) is 2. The molecule has 32 heavy (non-hydrogen) atoms. The Labute approximate surface area is 201 Å². The fourth-order valence-corrected chi connectivity index (χ4v) is 4.58. The van der Waals surface area contributed by atoms with E-state index in [1.807, 2.05) is 85.8 Å². The van der Waals surface area contributed by atoms with Crippen molar-refractivity contribution < 1.29 is 14.3 Å². The van der Waals surface area contributed by atoms with Crippen LogP contribution in [-0.2, 0) is 11.4 Å². The number of benzene rings is 3. The molecule has 0 aliphatic carbocycles. The number of para-hydroxylation sites is 1. The van der Waals surface area contributed by atoms with Gasteiger partial charge in [0.25, 0.3) is 5.91 Å². The molecule has 1 aliphatic rings. The molecule has 1 aliphatic heterocycles. The molecule has 0 atom stereocenters. The van der Waals surface area contributed by atoms with Crippen LogP contribution in [-0.4, -0.2) is 16.8 Å². The van der Waals surface area contributed by atoms with Crippen LogP contribution in [0.15, 0.2) is 77.7 Å². The monoisotopic (exact) mass is 481 g/mol. The van der Waals surface area contributed by atoms with Crippen LogP contribution < -0.4 is 14.4 Å². The minimum absolute atomic E-state index is 0.156. The third kappa shape index (κ3) is 5.15. The van der Waals surface area contributed by atoms with E-state index in [0.717, 1.165) is 16.9 Å². The Kier molecular flexibility index (Phi) is 7.15. The maximum Gasteiger partial charge on any atom is 0.270 e. The van der Waals surface area contributed by atoms with Gasteiger partial charge in [0.1, 0.15) is 18.1 Å². The number of anilines is 1. The van der Waals surface area contributed by atoms with Gasteiger partial charge in [-0.05, 0) is 61.0 Å². The molecule has 0 radical (unpaired) electrons. The van der Waals surface area contributed by atoms with E-state index in [1.54, 1.807) is 4.90 Å². The molecular formula is C25H20ClNO3S2. The molecular weight excluding hydrogens is 462 g/mol. The number of carbonyl (C=O) groups excluding carboxylic acids is 1. The van der Waals surface area contributed by atoms with Gasteiger partial charge in [-0.3, -0.25) is 9.69 Å². The van der Waals surface area contributed by atoms with E-state index >= 15 is 0 Å². The average molecular weight is 482 g/mol. The lowest BCUT2D eigenvalue weighted by atomic mass is 10.1. The maximum atomic E-state index is 13.1. The van der Waals surface area contributed by atoms with E-state index in [1.165, 1.54) is 11.8 Å². The molecule has 1 heterocycles. The smallest absolute Gasteiger partial charge is 0.270 e. The Morgan fingerprint density at radius 2 is 1.72 bits per heavy atom. The highest BCUT2D eigenvalue weighted by molar-refractivity contribution is 8.27. The Balaban J connectivity index is 1.53. The Hall–Kier alpha value is -2.80. The van der Waals surface area contributed by atoms with Gasteiger partial charge >= 0.3 is 0 Å². The van der Waals surface area contributed by atoms with Crippen molar-refractivity contribution >= 4 is 57.6 Å². The molecule has 0 unspecified atom stereocenters. The van der Waals surface area contributed by atoms with E-state index in [9.17, 15) is 4.79 Å². The van der Waals surface area contributed by atoms with Gasteiger partial charge in [-0.15, -0.1) is 0 Å². The Bertz CT molecular complexity index is 1160. The van der Waals surface area contributed by atoms with Crippen molar-refractivity contribution in [1.29, 1.82) is 0 Å². The number of halogens is 1. The molecule has 1 amide bonds. The molecule has 0 N–H and O–H groups in total. The number of thioether (sulfide) groups is 1. The van der Waals surface area contributed by atoms with E-state index in [4.69, 9.17) is 33.3 Å². The lowest BCUT2D eigenvalue weighted by Gasteiger charge is -2.15. The Morgan fingerprint density at radius 3 is 2.44 bits per heavy atom. The Morgan fingerprint density at radius 1 is 1.00 bits per heavy atom. The molecule has 4 rings (SSSR count). The van der Waals surface area contributed by atoms with Crippen LogP contribution >= 0.6 is 35.6 Å². The molecule has 3 aromatic carbocycles. The second-order valence-corrected chi connectivity index (χ2v) is 9.01. The number of nitrogens with zero attached hydrogens (tertiary/aromatic N) is 1. The number of hydrogen-bond donors (Lipinski definition) is 0. The summed E-state index contributed by atoms with van der Waals surface area (Å²) < 4.78 is 12.0. The van der Waals surface area contributed by atoms with Crippen LogP contribution in [0.4, 0.5) is 5.69 Å². The van der Waals surface area contributed by atoms with Crippen LogP contribution in [0.25, 0.3) is 6.08 Å². The highest BCUT2D eigenvalue weighted by Crippen LogP contribution is 2.37. The first kappa shape index (κ1) is 22.4. The van der Waals surface area contributed by atoms with Gasteiger partial charge in [-0.2, -0.15) is 0 Å². The van der Waals surface area contributed by atoms with Crippen LogP contribution in [0.1, 0.15) is 18.1 Å². The molecule has 7 heteroatoms. The third-order valence-corrected chi connectivity index (χ3v) is 6.27.